The molecule has 0 unspecified atom stereocenters. The molecule has 6 nitrogen and oxygen atoms in total. The second kappa shape index (κ2) is 6.92. The first kappa shape index (κ1) is 17.5. The lowest BCUT2D eigenvalue weighted by Gasteiger charge is -2.16. The highest BCUT2D eigenvalue weighted by molar-refractivity contribution is 6.12. The van der Waals surface area contributed by atoms with Gasteiger partial charge in [-0.1, -0.05) is 24.3 Å². The zero-order valence-electron chi connectivity index (χ0n) is 14.9. The van der Waals surface area contributed by atoms with Gasteiger partial charge in [0.15, 0.2) is 0 Å². The Bertz CT molecular complexity index is 940. The van der Waals surface area contributed by atoms with E-state index >= 15 is 0 Å². The number of fused-ring (bicyclic) bond motifs is 2. The molecule has 0 aromatic heterocycles. The van der Waals surface area contributed by atoms with Crippen molar-refractivity contribution >= 4 is 33.9 Å². The van der Waals surface area contributed by atoms with E-state index in [1.54, 1.807) is 24.3 Å². The fraction of sp³-hybridized carbons (Fsp3) is 0.200. The Morgan fingerprint density at radius 2 is 1.08 bits per heavy atom. The van der Waals surface area contributed by atoms with Crippen LogP contribution in [0.15, 0.2) is 36.4 Å². The Morgan fingerprint density at radius 1 is 0.692 bits per heavy atom. The zero-order chi connectivity index (χ0) is 18.8. The molecule has 0 amide bonds. The van der Waals surface area contributed by atoms with Gasteiger partial charge in [-0.15, -0.1) is 0 Å². The predicted molar refractivity (Wildman–Crippen MR) is 97.0 cm³/mol. The Kier molecular flexibility index (Phi) is 4.67. The van der Waals surface area contributed by atoms with Crippen molar-refractivity contribution in [1.29, 1.82) is 0 Å². The van der Waals surface area contributed by atoms with Crippen LogP contribution in [0, 0.1) is 13.8 Å². The minimum atomic E-state index is -0.823. The summed E-state index contributed by atoms with van der Waals surface area (Å²) in [5, 5.41) is 2.51. The van der Waals surface area contributed by atoms with E-state index in [9.17, 15) is 9.59 Å². The van der Waals surface area contributed by atoms with Crippen LogP contribution in [0.5, 0.6) is 11.5 Å². The van der Waals surface area contributed by atoms with E-state index in [0.717, 1.165) is 11.1 Å². The lowest BCUT2D eigenvalue weighted by atomic mass is 9.96. The number of carbonyl (C=O) groups excluding carboxylic acids is 2. The first-order valence-electron chi connectivity index (χ1n) is 7.93. The van der Waals surface area contributed by atoms with Gasteiger partial charge >= 0.3 is 12.3 Å². The Balaban J connectivity index is 2.44. The average Bonchev–Trinajstić information content (AvgIpc) is 2.65. The molecule has 134 valence electrons. The highest BCUT2D eigenvalue weighted by atomic mass is 16.7. The van der Waals surface area contributed by atoms with Crippen LogP contribution < -0.4 is 9.47 Å². The van der Waals surface area contributed by atoms with Crippen LogP contribution >= 0.6 is 0 Å². The molecule has 0 saturated heterocycles. The summed E-state index contributed by atoms with van der Waals surface area (Å²) in [6.07, 6.45) is -1.65. The Hall–Kier alpha value is -3.28. The van der Waals surface area contributed by atoms with Crippen LogP contribution in [0.1, 0.15) is 11.1 Å². The summed E-state index contributed by atoms with van der Waals surface area (Å²) >= 11 is 0. The fourth-order valence-electron chi connectivity index (χ4n) is 2.83. The van der Waals surface area contributed by atoms with E-state index in [4.69, 9.17) is 9.47 Å². The van der Waals surface area contributed by atoms with Gasteiger partial charge in [-0.05, 0) is 37.1 Å². The molecular weight excluding hydrogens is 336 g/mol. The molecule has 6 heteroatoms. The summed E-state index contributed by atoms with van der Waals surface area (Å²) in [4.78, 5) is 23.6. The maximum absolute atomic E-state index is 11.8. The van der Waals surface area contributed by atoms with Crippen molar-refractivity contribution in [2.75, 3.05) is 14.2 Å². The first-order chi connectivity index (χ1) is 12.5. The molecule has 0 heterocycles. The number of methoxy groups -OCH3 is 2. The summed E-state index contributed by atoms with van der Waals surface area (Å²) in [5.74, 6) is 0.700. The molecule has 0 saturated carbocycles. The Morgan fingerprint density at radius 3 is 1.42 bits per heavy atom. The normalized spacial score (nSPS) is 10.6. The molecule has 0 spiro atoms. The van der Waals surface area contributed by atoms with Crippen LogP contribution in [0.3, 0.4) is 0 Å². The van der Waals surface area contributed by atoms with Crippen LogP contribution in [-0.4, -0.2) is 26.5 Å². The van der Waals surface area contributed by atoms with Crippen LogP contribution in [0.4, 0.5) is 9.59 Å². The molecule has 3 aromatic rings. The SMILES string of the molecule is COC(=O)Oc1c2ccccc2c(OC(=O)OC)c2cc(C)c(C)cc12. The summed E-state index contributed by atoms with van der Waals surface area (Å²) in [6.45, 7) is 3.90. The highest BCUT2D eigenvalue weighted by Crippen LogP contribution is 2.43. The number of hydrogen-bond donors (Lipinski definition) is 0. The van der Waals surface area contributed by atoms with E-state index in [0.29, 0.717) is 33.0 Å². The van der Waals surface area contributed by atoms with Crippen LogP contribution in [0.25, 0.3) is 21.5 Å². The van der Waals surface area contributed by atoms with Gasteiger partial charge in [0.2, 0.25) is 0 Å². The van der Waals surface area contributed by atoms with Crippen molar-refractivity contribution in [1.82, 2.24) is 0 Å². The number of benzene rings is 3. The van der Waals surface area contributed by atoms with Crippen molar-refractivity contribution in [3.8, 4) is 11.5 Å². The number of carbonyl (C=O) groups is 2. The molecule has 0 aliphatic carbocycles. The predicted octanol–water partition coefficient (Wildman–Crippen LogP) is 4.90. The fourth-order valence-corrected chi connectivity index (χ4v) is 2.83. The standard InChI is InChI=1S/C20H18O6/c1-11-9-15-16(10-12(11)2)18(26-20(22)24-4)14-8-6-5-7-13(14)17(15)25-19(21)23-3/h5-10H,1-4H3. The van der Waals surface area contributed by atoms with Gasteiger partial charge in [0, 0.05) is 21.5 Å². The second-order valence-electron chi connectivity index (χ2n) is 5.80. The Labute approximate surface area is 150 Å². The molecule has 0 bridgehead atoms. The number of hydrogen-bond acceptors (Lipinski definition) is 6. The van der Waals surface area contributed by atoms with E-state index in [-0.39, 0.29) is 0 Å². The van der Waals surface area contributed by atoms with Crippen molar-refractivity contribution in [2.24, 2.45) is 0 Å². The van der Waals surface area contributed by atoms with Crippen molar-refractivity contribution in [2.45, 2.75) is 13.8 Å². The zero-order valence-corrected chi connectivity index (χ0v) is 14.9. The van der Waals surface area contributed by atoms with E-state index in [2.05, 4.69) is 9.47 Å². The molecule has 0 aliphatic heterocycles. The first-order valence-corrected chi connectivity index (χ1v) is 7.93. The molecule has 0 fully saturated rings. The average molecular weight is 354 g/mol. The number of rotatable bonds is 2. The van der Waals surface area contributed by atoms with Gasteiger partial charge in [0.05, 0.1) is 14.2 Å². The van der Waals surface area contributed by atoms with Crippen molar-refractivity contribution in [3.05, 3.63) is 47.5 Å². The largest absolute Gasteiger partial charge is 0.513 e. The minimum absolute atomic E-state index is 0.350. The summed E-state index contributed by atoms with van der Waals surface area (Å²) in [6, 6.07) is 11.0. The molecule has 0 N–H and O–H groups in total. The van der Waals surface area contributed by atoms with Gasteiger partial charge in [0.1, 0.15) is 11.5 Å². The van der Waals surface area contributed by atoms with Gasteiger partial charge in [-0.3, -0.25) is 0 Å². The summed E-state index contributed by atoms with van der Waals surface area (Å²) < 4.78 is 20.2. The van der Waals surface area contributed by atoms with Crippen LogP contribution in [0.2, 0.25) is 0 Å². The van der Waals surface area contributed by atoms with Crippen molar-refractivity contribution in [3.63, 3.8) is 0 Å². The molecule has 0 aliphatic rings. The molecule has 0 atom stereocenters. The van der Waals surface area contributed by atoms with Gasteiger partial charge in [0.25, 0.3) is 0 Å². The van der Waals surface area contributed by atoms with Crippen molar-refractivity contribution < 1.29 is 28.5 Å². The number of aryl methyl sites for hydroxylation is 2. The topological polar surface area (TPSA) is 71.1 Å². The number of ether oxygens (including phenoxy) is 4. The maximum atomic E-state index is 11.8. The molecular formula is C20H18O6. The smallest absolute Gasteiger partial charge is 0.437 e. The maximum Gasteiger partial charge on any atom is 0.513 e. The van der Waals surface area contributed by atoms with Crippen LogP contribution in [-0.2, 0) is 9.47 Å². The third-order valence-electron chi connectivity index (χ3n) is 4.24. The summed E-state index contributed by atoms with van der Waals surface area (Å²) in [7, 11) is 2.49. The summed E-state index contributed by atoms with van der Waals surface area (Å²) in [5.41, 5.74) is 2.01. The lowest BCUT2D eigenvalue weighted by Crippen LogP contribution is -2.10. The molecule has 3 aromatic carbocycles. The van der Waals surface area contributed by atoms with E-state index in [1.807, 2.05) is 26.0 Å². The lowest BCUT2D eigenvalue weighted by molar-refractivity contribution is 0.120. The van der Waals surface area contributed by atoms with E-state index < -0.39 is 12.3 Å². The van der Waals surface area contributed by atoms with Gasteiger partial charge in [-0.25, -0.2) is 9.59 Å². The van der Waals surface area contributed by atoms with Gasteiger partial charge in [-0.2, -0.15) is 0 Å². The molecule has 3 rings (SSSR count). The molecule has 0 radical (unpaired) electrons. The third kappa shape index (κ3) is 3.01. The monoisotopic (exact) mass is 354 g/mol. The second-order valence-corrected chi connectivity index (χ2v) is 5.80. The van der Waals surface area contributed by atoms with E-state index in [1.165, 1.54) is 14.2 Å². The van der Waals surface area contributed by atoms with Gasteiger partial charge < -0.3 is 18.9 Å². The minimum Gasteiger partial charge on any atom is -0.437 e. The molecule has 26 heavy (non-hydrogen) atoms. The highest BCUT2D eigenvalue weighted by Gasteiger charge is 2.21. The quantitative estimate of drug-likeness (QED) is 0.370. The third-order valence-corrected chi connectivity index (χ3v) is 4.24.